The maximum absolute atomic E-state index is 12.1. The van der Waals surface area contributed by atoms with Crippen LogP contribution in [0.1, 0.15) is 66.0 Å². The van der Waals surface area contributed by atoms with Gasteiger partial charge in [0, 0.05) is 22.8 Å². The monoisotopic (exact) mass is 566 g/mol. The number of sulfone groups is 1. The Morgan fingerprint density at radius 3 is 2.49 bits per heavy atom. The van der Waals surface area contributed by atoms with Crippen molar-refractivity contribution in [2.45, 2.75) is 68.8 Å². The smallest absolute Gasteiger partial charge is 0.303 e. The number of thioether (sulfide) groups is 1. The summed E-state index contributed by atoms with van der Waals surface area (Å²) >= 11 is 1.70. The number of carboxylic acids is 1. The van der Waals surface area contributed by atoms with Crippen molar-refractivity contribution >= 4 is 27.6 Å². The van der Waals surface area contributed by atoms with Gasteiger partial charge >= 0.3 is 5.97 Å². The maximum atomic E-state index is 12.1. The van der Waals surface area contributed by atoms with Gasteiger partial charge in [-0.1, -0.05) is 31.2 Å². The molecule has 1 N–H and O–H groups in total. The van der Waals surface area contributed by atoms with E-state index >= 15 is 0 Å². The van der Waals surface area contributed by atoms with E-state index in [1.807, 2.05) is 45.0 Å². The normalized spacial score (nSPS) is 18.9. The fourth-order valence-electron chi connectivity index (χ4n) is 5.89. The van der Waals surface area contributed by atoms with Crippen LogP contribution in [0.25, 0.3) is 11.1 Å². The molecule has 8 heteroatoms. The SMILES string of the molecule is CCC(Oc1cc(C)c(-c2cccc3c2CC[C@H]3Oc2ccc3c(c2)SC[C@H]3CC(=O)O)c(C)c1)S(C)(=O)=O. The highest BCUT2D eigenvalue weighted by atomic mass is 32.2. The fourth-order valence-corrected chi connectivity index (χ4v) is 8.06. The molecule has 0 aromatic heterocycles. The first-order chi connectivity index (χ1) is 18.5. The minimum Gasteiger partial charge on any atom is -0.486 e. The molecule has 0 saturated heterocycles. The Labute approximate surface area is 234 Å². The molecule has 1 aliphatic heterocycles. The Hall–Kier alpha value is -2.97. The third-order valence-electron chi connectivity index (χ3n) is 7.63. The summed E-state index contributed by atoms with van der Waals surface area (Å²) < 4.78 is 36.5. The summed E-state index contributed by atoms with van der Waals surface area (Å²) in [5.41, 5.74) is 7.11. The Kier molecular flexibility index (Phi) is 7.71. The number of carboxylic acid groups (broad SMARTS) is 1. The molecule has 3 aromatic carbocycles. The first kappa shape index (κ1) is 27.6. The van der Waals surface area contributed by atoms with E-state index in [4.69, 9.17) is 9.47 Å². The molecule has 3 atom stereocenters. The van der Waals surface area contributed by atoms with Crippen LogP contribution in [0.15, 0.2) is 53.4 Å². The molecule has 6 nitrogen and oxygen atoms in total. The van der Waals surface area contributed by atoms with Crippen LogP contribution in [0.3, 0.4) is 0 Å². The van der Waals surface area contributed by atoms with Crippen molar-refractivity contribution in [1.82, 2.24) is 0 Å². The van der Waals surface area contributed by atoms with Crippen LogP contribution in [-0.2, 0) is 21.1 Å². The lowest BCUT2D eigenvalue weighted by molar-refractivity contribution is -0.137. The lowest BCUT2D eigenvalue weighted by atomic mass is 9.90. The molecular weight excluding hydrogens is 532 g/mol. The first-order valence-electron chi connectivity index (χ1n) is 13.3. The minimum atomic E-state index is -3.31. The van der Waals surface area contributed by atoms with Gasteiger partial charge < -0.3 is 14.6 Å². The lowest BCUT2D eigenvalue weighted by Gasteiger charge is -2.20. The topological polar surface area (TPSA) is 89.9 Å². The van der Waals surface area contributed by atoms with Gasteiger partial charge in [0.2, 0.25) is 0 Å². The highest BCUT2D eigenvalue weighted by molar-refractivity contribution is 7.99. The van der Waals surface area contributed by atoms with Gasteiger partial charge in [-0.05, 0) is 96.3 Å². The maximum Gasteiger partial charge on any atom is 0.303 e. The van der Waals surface area contributed by atoms with Gasteiger partial charge in [0.15, 0.2) is 15.3 Å². The molecule has 2 aliphatic rings. The molecule has 0 amide bonds. The Bertz CT molecular complexity index is 1510. The Balaban J connectivity index is 1.39. The molecule has 0 spiro atoms. The van der Waals surface area contributed by atoms with Crippen LogP contribution in [0.2, 0.25) is 0 Å². The minimum absolute atomic E-state index is 0.0498. The Morgan fingerprint density at radius 1 is 1.08 bits per heavy atom. The zero-order chi connectivity index (χ0) is 27.9. The summed E-state index contributed by atoms with van der Waals surface area (Å²) in [5, 5.41) is 9.20. The van der Waals surface area contributed by atoms with Gasteiger partial charge in [-0.25, -0.2) is 8.42 Å². The van der Waals surface area contributed by atoms with Gasteiger partial charge in [-0.15, -0.1) is 11.8 Å². The second-order valence-electron chi connectivity index (χ2n) is 10.5. The van der Waals surface area contributed by atoms with Crippen molar-refractivity contribution in [2.24, 2.45) is 0 Å². The zero-order valence-corrected chi connectivity index (χ0v) is 24.3. The average Bonchev–Trinajstić information content (AvgIpc) is 3.45. The van der Waals surface area contributed by atoms with Crippen molar-refractivity contribution in [3.05, 3.63) is 76.3 Å². The van der Waals surface area contributed by atoms with Gasteiger partial charge in [-0.3, -0.25) is 4.79 Å². The summed E-state index contributed by atoms with van der Waals surface area (Å²) in [4.78, 5) is 12.3. The van der Waals surface area contributed by atoms with Crippen LogP contribution in [0, 0.1) is 13.8 Å². The van der Waals surface area contributed by atoms with Crippen LogP contribution in [0.5, 0.6) is 11.5 Å². The van der Waals surface area contributed by atoms with E-state index in [0.29, 0.717) is 12.2 Å². The largest absolute Gasteiger partial charge is 0.486 e. The van der Waals surface area contributed by atoms with E-state index < -0.39 is 21.2 Å². The van der Waals surface area contributed by atoms with E-state index in [1.54, 1.807) is 11.8 Å². The van der Waals surface area contributed by atoms with E-state index in [1.165, 1.54) is 22.9 Å². The molecule has 5 rings (SSSR count). The van der Waals surface area contributed by atoms with Crippen molar-refractivity contribution in [1.29, 1.82) is 0 Å². The van der Waals surface area contributed by atoms with Gasteiger partial charge in [0.05, 0.1) is 6.42 Å². The zero-order valence-electron chi connectivity index (χ0n) is 22.7. The van der Waals surface area contributed by atoms with Crippen LogP contribution in [0.4, 0.5) is 0 Å². The first-order valence-corrected chi connectivity index (χ1v) is 16.2. The van der Waals surface area contributed by atoms with Crippen molar-refractivity contribution in [3.63, 3.8) is 0 Å². The quantitative estimate of drug-likeness (QED) is 0.303. The number of fused-ring (bicyclic) bond motifs is 2. The molecule has 1 unspecified atom stereocenters. The Morgan fingerprint density at radius 2 is 1.82 bits per heavy atom. The second kappa shape index (κ2) is 10.9. The predicted octanol–water partition coefficient (Wildman–Crippen LogP) is 6.86. The summed E-state index contributed by atoms with van der Waals surface area (Å²) in [6.07, 6.45) is 3.48. The number of carbonyl (C=O) groups is 1. The highest BCUT2D eigenvalue weighted by Gasteiger charge is 2.30. The number of aryl methyl sites for hydroxylation is 2. The highest BCUT2D eigenvalue weighted by Crippen LogP contribution is 2.45. The molecule has 0 bridgehead atoms. The number of ether oxygens (including phenoxy) is 2. The molecule has 0 saturated carbocycles. The van der Waals surface area contributed by atoms with Gasteiger partial charge in [-0.2, -0.15) is 0 Å². The summed E-state index contributed by atoms with van der Waals surface area (Å²) in [5.74, 6) is 1.45. The third kappa shape index (κ3) is 5.68. The number of benzene rings is 3. The molecule has 0 fully saturated rings. The summed E-state index contributed by atoms with van der Waals surface area (Å²) in [6.45, 7) is 5.89. The number of hydrogen-bond donors (Lipinski definition) is 1. The van der Waals surface area contributed by atoms with Crippen LogP contribution >= 0.6 is 11.8 Å². The van der Waals surface area contributed by atoms with E-state index in [2.05, 4.69) is 24.3 Å². The van der Waals surface area contributed by atoms with Gasteiger partial charge in [0.25, 0.3) is 0 Å². The molecule has 3 aromatic rings. The van der Waals surface area contributed by atoms with E-state index in [-0.39, 0.29) is 18.4 Å². The van der Waals surface area contributed by atoms with Crippen molar-refractivity contribution in [2.75, 3.05) is 12.0 Å². The fraction of sp³-hybridized carbons (Fsp3) is 0.387. The molecule has 0 radical (unpaired) electrons. The predicted molar refractivity (Wildman–Crippen MR) is 155 cm³/mol. The molecule has 39 heavy (non-hydrogen) atoms. The van der Waals surface area contributed by atoms with Crippen molar-refractivity contribution < 1.29 is 27.8 Å². The van der Waals surface area contributed by atoms with E-state index in [0.717, 1.165) is 51.5 Å². The number of aliphatic carboxylic acids is 1. The molecule has 206 valence electrons. The molecular formula is C31H34O6S2. The lowest BCUT2D eigenvalue weighted by Crippen LogP contribution is -2.25. The molecule has 1 aliphatic carbocycles. The average molecular weight is 567 g/mol. The number of hydrogen-bond acceptors (Lipinski definition) is 6. The number of rotatable bonds is 9. The van der Waals surface area contributed by atoms with Crippen LogP contribution in [-0.4, -0.2) is 36.9 Å². The standard InChI is InChI=1S/C31H34O6S2/c1-5-30(39(4,34)35)37-22-13-18(2)31(19(3)14-22)26-8-6-7-25-24(26)11-12-27(25)36-21-9-10-23-20(15-29(32)33)17-38-28(23)16-21/h6-10,13-14,16,20,27,30H,5,11-12,15,17H2,1-4H3,(H,32,33)/t20-,27-,30?/m1/s1. The molecule has 1 heterocycles. The van der Waals surface area contributed by atoms with E-state index in [9.17, 15) is 18.3 Å². The van der Waals surface area contributed by atoms with Gasteiger partial charge in [0.1, 0.15) is 17.6 Å². The van der Waals surface area contributed by atoms with Crippen LogP contribution < -0.4 is 9.47 Å². The van der Waals surface area contributed by atoms with Crippen molar-refractivity contribution in [3.8, 4) is 22.6 Å². The third-order valence-corrected chi connectivity index (χ3v) is 10.3. The summed E-state index contributed by atoms with van der Waals surface area (Å²) in [7, 11) is -3.31. The second-order valence-corrected chi connectivity index (χ2v) is 13.8. The summed E-state index contributed by atoms with van der Waals surface area (Å²) in [6, 6.07) is 16.3.